The molecule has 2 aromatic carbocycles. The van der Waals surface area contributed by atoms with E-state index in [1.165, 1.54) is 12.1 Å². The average molecular weight is 377 g/mol. The van der Waals surface area contributed by atoms with Gasteiger partial charge in [0, 0.05) is 21.1 Å². The SMILES string of the molecule is O=[N+]([O-])c1cc(Br)ccc1Oc1cc(Cl)ccc1CCl. The zero-order valence-electron chi connectivity index (χ0n) is 9.98. The average Bonchev–Trinajstić information content (AvgIpc) is 2.41. The Kier molecular flexibility index (Phi) is 4.86. The number of nitrogens with zero attached hydrogens (tertiary/aromatic N) is 1. The standard InChI is InChI=1S/C13H8BrCl2NO3/c14-9-2-4-12(11(5-9)17(18)19)20-13-6-10(16)3-1-8(13)7-15/h1-6H,7H2. The first kappa shape index (κ1) is 15.1. The van der Waals surface area contributed by atoms with Gasteiger partial charge in [0.2, 0.25) is 5.75 Å². The van der Waals surface area contributed by atoms with Crippen molar-refractivity contribution in [2.24, 2.45) is 0 Å². The number of rotatable bonds is 4. The summed E-state index contributed by atoms with van der Waals surface area (Å²) in [5, 5.41) is 11.5. The maximum absolute atomic E-state index is 11.0. The maximum Gasteiger partial charge on any atom is 0.312 e. The summed E-state index contributed by atoms with van der Waals surface area (Å²) in [5.41, 5.74) is 0.563. The number of hydrogen-bond donors (Lipinski definition) is 0. The minimum atomic E-state index is -0.509. The molecule has 0 saturated heterocycles. The predicted octanol–water partition coefficient (Wildman–Crippen LogP) is 5.54. The van der Waals surface area contributed by atoms with E-state index >= 15 is 0 Å². The van der Waals surface area contributed by atoms with Crippen molar-refractivity contribution in [3.8, 4) is 11.5 Å². The lowest BCUT2D eigenvalue weighted by Gasteiger charge is -2.10. The minimum Gasteiger partial charge on any atom is -0.450 e. The summed E-state index contributed by atoms with van der Waals surface area (Å²) in [4.78, 5) is 10.5. The molecule has 0 aliphatic carbocycles. The molecule has 0 bridgehead atoms. The zero-order chi connectivity index (χ0) is 14.7. The Morgan fingerprint density at radius 2 is 1.95 bits per heavy atom. The van der Waals surface area contributed by atoms with E-state index in [9.17, 15) is 10.1 Å². The molecule has 0 heterocycles. The molecule has 0 unspecified atom stereocenters. The lowest BCUT2D eigenvalue weighted by Crippen LogP contribution is -1.95. The van der Waals surface area contributed by atoms with Gasteiger partial charge in [0.1, 0.15) is 5.75 Å². The molecule has 0 saturated carbocycles. The van der Waals surface area contributed by atoms with Crippen molar-refractivity contribution in [3.05, 3.63) is 61.6 Å². The summed E-state index contributed by atoms with van der Waals surface area (Å²) in [5.74, 6) is 0.751. The van der Waals surface area contributed by atoms with Crippen molar-refractivity contribution in [2.45, 2.75) is 5.88 Å². The summed E-state index contributed by atoms with van der Waals surface area (Å²) in [7, 11) is 0. The lowest BCUT2D eigenvalue weighted by molar-refractivity contribution is -0.385. The van der Waals surface area contributed by atoms with Crippen molar-refractivity contribution in [3.63, 3.8) is 0 Å². The van der Waals surface area contributed by atoms with Crippen molar-refractivity contribution >= 4 is 44.8 Å². The molecule has 2 aromatic rings. The van der Waals surface area contributed by atoms with Gasteiger partial charge in [-0.1, -0.05) is 33.6 Å². The molecule has 0 N–H and O–H groups in total. The summed E-state index contributed by atoms with van der Waals surface area (Å²) in [6, 6.07) is 9.52. The van der Waals surface area contributed by atoms with Crippen LogP contribution in [-0.4, -0.2) is 4.92 Å². The second kappa shape index (κ2) is 6.43. The third kappa shape index (κ3) is 3.42. The van der Waals surface area contributed by atoms with Crippen LogP contribution in [0.5, 0.6) is 11.5 Å². The van der Waals surface area contributed by atoms with Crippen LogP contribution in [0.25, 0.3) is 0 Å². The number of nitro groups is 1. The number of ether oxygens (including phenoxy) is 1. The minimum absolute atomic E-state index is 0.131. The van der Waals surface area contributed by atoms with Crippen LogP contribution in [0.15, 0.2) is 40.9 Å². The highest BCUT2D eigenvalue weighted by molar-refractivity contribution is 9.10. The second-order valence-electron chi connectivity index (χ2n) is 3.86. The van der Waals surface area contributed by atoms with Gasteiger partial charge < -0.3 is 4.74 Å². The normalized spacial score (nSPS) is 10.3. The molecule has 0 aliphatic rings. The van der Waals surface area contributed by atoms with Crippen LogP contribution in [0.4, 0.5) is 5.69 Å². The number of benzene rings is 2. The summed E-state index contributed by atoms with van der Waals surface area (Å²) in [6.45, 7) is 0. The van der Waals surface area contributed by atoms with E-state index in [4.69, 9.17) is 27.9 Å². The highest BCUT2D eigenvalue weighted by Gasteiger charge is 2.17. The molecule has 0 atom stereocenters. The van der Waals surface area contributed by atoms with Crippen LogP contribution in [0.3, 0.4) is 0 Å². The first-order valence-corrected chi connectivity index (χ1v) is 7.18. The molecule has 4 nitrogen and oxygen atoms in total. The molecule has 0 aromatic heterocycles. The smallest absolute Gasteiger partial charge is 0.312 e. The molecule has 0 amide bonds. The van der Waals surface area contributed by atoms with Gasteiger partial charge in [-0.2, -0.15) is 0 Å². The summed E-state index contributed by atoms with van der Waals surface area (Å²) >= 11 is 14.9. The van der Waals surface area contributed by atoms with Crippen LogP contribution < -0.4 is 4.74 Å². The molecular formula is C13H8BrCl2NO3. The zero-order valence-corrected chi connectivity index (χ0v) is 13.1. The van der Waals surface area contributed by atoms with Crippen molar-refractivity contribution in [1.29, 1.82) is 0 Å². The third-order valence-corrected chi connectivity index (χ3v) is 3.53. The fraction of sp³-hybridized carbons (Fsp3) is 0.0769. The lowest BCUT2D eigenvalue weighted by atomic mass is 10.2. The van der Waals surface area contributed by atoms with E-state index in [1.807, 2.05) is 0 Å². The highest BCUT2D eigenvalue weighted by Crippen LogP contribution is 2.36. The van der Waals surface area contributed by atoms with Gasteiger partial charge in [-0.3, -0.25) is 10.1 Å². The van der Waals surface area contributed by atoms with Crippen LogP contribution in [-0.2, 0) is 5.88 Å². The molecule has 0 radical (unpaired) electrons. The molecule has 104 valence electrons. The fourth-order valence-electron chi connectivity index (χ4n) is 1.57. The number of alkyl halides is 1. The van der Waals surface area contributed by atoms with Crippen molar-refractivity contribution in [1.82, 2.24) is 0 Å². The fourth-order valence-corrected chi connectivity index (χ4v) is 2.30. The number of nitro benzene ring substituents is 1. The van der Waals surface area contributed by atoms with E-state index in [2.05, 4.69) is 15.9 Å². The molecule has 7 heteroatoms. The van der Waals surface area contributed by atoms with E-state index in [1.54, 1.807) is 24.3 Å². The maximum atomic E-state index is 11.0. The second-order valence-corrected chi connectivity index (χ2v) is 5.48. The van der Waals surface area contributed by atoms with Crippen LogP contribution in [0.2, 0.25) is 5.02 Å². The largest absolute Gasteiger partial charge is 0.450 e. The van der Waals surface area contributed by atoms with Gasteiger partial charge in [0.05, 0.1) is 10.8 Å². The molecular weight excluding hydrogens is 369 g/mol. The van der Waals surface area contributed by atoms with Crippen molar-refractivity contribution in [2.75, 3.05) is 0 Å². The van der Waals surface area contributed by atoms with Gasteiger partial charge in [0.25, 0.3) is 0 Å². The van der Waals surface area contributed by atoms with E-state index in [-0.39, 0.29) is 17.3 Å². The molecule has 0 spiro atoms. The quantitative estimate of drug-likeness (QED) is 0.399. The Morgan fingerprint density at radius 1 is 1.20 bits per heavy atom. The van der Waals surface area contributed by atoms with E-state index in [0.29, 0.717) is 20.8 Å². The monoisotopic (exact) mass is 375 g/mol. The van der Waals surface area contributed by atoms with Gasteiger partial charge in [0.15, 0.2) is 0 Å². The first-order valence-electron chi connectivity index (χ1n) is 5.47. The Labute approximate surface area is 133 Å². The first-order chi connectivity index (χ1) is 9.51. The molecule has 20 heavy (non-hydrogen) atoms. The van der Waals surface area contributed by atoms with Crippen LogP contribution >= 0.6 is 39.1 Å². The van der Waals surface area contributed by atoms with E-state index in [0.717, 1.165) is 0 Å². The molecule has 0 aliphatic heterocycles. The van der Waals surface area contributed by atoms with Gasteiger partial charge in [-0.05, 0) is 24.3 Å². The Bertz CT molecular complexity index is 664. The van der Waals surface area contributed by atoms with Crippen molar-refractivity contribution < 1.29 is 9.66 Å². The Morgan fingerprint density at radius 3 is 2.60 bits per heavy atom. The summed E-state index contributed by atoms with van der Waals surface area (Å²) in [6.07, 6.45) is 0. The molecule has 0 fully saturated rings. The molecule has 2 rings (SSSR count). The van der Waals surface area contributed by atoms with Gasteiger partial charge in [-0.25, -0.2) is 0 Å². The Balaban J connectivity index is 2.44. The van der Waals surface area contributed by atoms with Crippen LogP contribution in [0, 0.1) is 10.1 Å². The Hall–Kier alpha value is -1.30. The highest BCUT2D eigenvalue weighted by atomic mass is 79.9. The third-order valence-electron chi connectivity index (χ3n) is 2.51. The predicted molar refractivity (Wildman–Crippen MR) is 81.9 cm³/mol. The van der Waals surface area contributed by atoms with Crippen LogP contribution in [0.1, 0.15) is 5.56 Å². The van der Waals surface area contributed by atoms with Gasteiger partial charge >= 0.3 is 5.69 Å². The van der Waals surface area contributed by atoms with Gasteiger partial charge in [-0.15, -0.1) is 11.6 Å². The van der Waals surface area contributed by atoms with E-state index < -0.39 is 4.92 Å². The topological polar surface area (TPSA) is 52.4 Å². The number of halogens is 3. The number of hydrogen-bond acceptors (Lipinski definition) is 3. The summed E-state index contributed by atoms with van der Waals surface area (Å²) < 4.78 is 6.19.